The van der Waals surface area contributed by atoms with E-state index in [0.717, 1.165) is 5.56 Å². The Morgan fingerprint density at radius 3 is 2.34 bits per heavy atom. The van der Waals surface area contributed by atoms with E-state index in [-0.39, 0.29) is 31.6 Å². The summed E-state index contributed by atoms with van der Waals surface area (Å²) in [6.07, 6.45) is 0.412. The number of aliphatic hydroxyl groups is 1. The Labute approximate surface area is 210 Å². The Morgan fingerprint density at radius 2 is 1.69 bits per heavy atom. The molecule has 0 spiro atoms. The summed E-state index contributed by atoms with van der Waals surface area (Å²) in [6.45, 7) is 0.116. The molecule has 0 aliphatic carbocycles. The molecule has 0 aliphatic heterocycles. The van der Waals surface area contributed by atoms with Gasteiger partial charge in [-0.25, -0.2) is 0 Å². The number of hydrogen-bond acceptors (Lipinski definition) is 5. The second kappa shape index (κ2) is 13.4. The Balaban J connectivity index is 1.92. The molecule has 1 atom stereocenters. The molecular weight excluding hydrogens is 468 g/mol. The van der Waals surface area contributed by atoms with Gasteiger partial charge in [0.15, 0.2) is 6.61 Å². The zero-order chi connectivity index (χ0) is 25.0. The van der Waals surface area contributed by atoms with Crippen LogP contribution in [0.15, 0.2) is 78.9 Å². The van der Waals surface area contributed by atoms with Crippen LogP contribution in [0.3, 0.4) is 0 Å². The maximum absolute atomic E-state index is 13.5. The van der Waals surface area contributed by atoms with Crippen LogP contribution in [0, 0.1) is 0 Å². The van der Waals surface area contributed by atoms with Crippen molar-refractivity contribution in [2.24, 2.45) is 0 Å². The molecule has 0 saturated heterocycles. The molecule has 0 bridgehead atoms. The number of ether oxygens (including phenoxy) is 2. The second-order valence-electron chi connectivity index (χ2n) is 7.77. The third kappa shape index (κ3) is 7.47. The van der Waals surface area contributed by atoms with Crippen molar-refractivity contribution in [3.8, 4) is 11.5 Å². The number of nitrogens with one attached hydrogen (secondary N) is 1. The van der Waals surface area contributed by atoms with Crippen molar-refractivity contribution in [2.45, 2.75) is 19.0 Å². The summed E-state index contributed by atoms with van der Waals surface area (Å²) in [5, 5.41) is 12.3. The molecule has 35 heavy (non-hydrogen) atoms. The maximum atomic E-state index is 13.5. The molecule has 8 heteroatoms. The highest BCUT2D eigenvalue weighted by Gasteiger charge is 2.31. The predicted molar refractivity (Wildman–Crippen MR) is 134 cm³/mol. The van der Waals surface area contributed by atoms with Gasteiger partial charge in [-0.3, -0.25) is 9.59 Å². The van der Waals surface area contributed by atoms with Gasteiger partial charge in [-0.15, -0.1) is 0 Å². The summed E-state index contributed by atoms with van der Waals surface area (Å²) in [5.41, 5.74) is 1.48. The molecule has 3 aromatic carbocycles. The predicted octanol–water partition coefficient (Wildman–Crippen LogP) is 4.00. The zero-order valence-electron chi connectivity index (χ0n) is 19.5. The summed E-state index contributed by atoms with van der Waals surface area (Å²) < 4.78 is 10.9. The van der Waals surface area contributed by atoms with E-state index in [1.807, 2.05) is 30.3 Å². The lowest BCUT2D eigenvalue weighted by molar-refractivity contribution is -0.143. The summed E-state index contributed by atoms with van der Waals surface area (Å²) in [7, 11) is 1.58. The van der Waals surface area contributed by atoms with Crippen LogP contribution in [0.4, 0.5) is 0 Å². The molecule has 0 saturated carbocycles. The Bertz CT molecular complexity index is 1090. The smallest absolute Gasteiger partial charge is 0.261 e. The molecular formula is C27H29ClN2O5. The van der Waals surface area contributed by atoms with Gasteiger partial charge in [-0.1, -0.05) is 66.2 Å². The van der Waals surface area contributed by atoms with Gasteiger partial charge >= 0.3 is 0 Å². The van der Waals surface area contributed by atoms with E-state index in [1.54, 1.807) is 55.6 Å². The van der Waals surface area contributed by atoms with Crippen LogP contribution in [0.5, 0.6) is 11.5 Å². The highest BCUT2D eigenvalue weighted by Crippen LogP contribution is 2.26. The van der Waals surface area contributed by atoms with E-state index >= 15 is 0 Å². The summed E-state index contributed by atoms with van der Waals surface area (Å²) in [5.74, 6) is 0.349. The highest BCUT2D eigenvalue weighted by molar-refractivity contribution is 6.32. The van der Waals surface area contributed by atoms with Gasteiger partial charge in [0.05, 0.1) is 12.1 Å². The third-order valence-corrected chi connectivity index (χ3v) is 5.64. The molecule has 2 N–H and O–H groups in total. The van der Waals surface area contributed by atoms with Gasteiger partial charge in [0.25, 0.3) is 5.91 Å². The molecule has 7 nitrogen and oxygen atoms in total. The van der Waals surface area contributed by atoms with E-state index in [2.05, 4.69) is 5.32 Å². The number of nitrogens with zero attached hydrogens (tertiary/aromatic N) is 1. The van der Waals surface area contributed by atoms with E-state index in [0.29, 0.717) is 35.1 Å². The molecule has 3 aromatic rings. The number of methoxy groups -OCH3 is 1. The number of halogens is 1. The highest BCUT2D eigenvalue weighted by atomic mass is 35.5. The number of para-hydroxylation sites is 1. The molecule has 0 heterocycles. The van der Waals surface area contributed by atoms with Crippen molar-refractivity contribution in [2.75, 3.05) is 26.9 Å². The molecule has 0 unspecified atom stereocenters. The first-order chi connectivity index (χ1) is 17.0. The van der Waals surface area contributed by atoms with Gasteiger partial charge < -0.3 is 24.8 Å². The van der Waals surface area contributed by atoms with Crippen molar-refractivity contribution in [3.63, 3.8) is 0 Å². The Hall–Kier alpha value is -3.55. The van der Waals surface area contributed by atoms with Crippen molar-refractivity contribution in [1.82, 2.24) is 10.2 Å². The lowest BCUT2D eigenvalue weighted by Crippen LogP contribution is -2.45. The normalized spacial score (nSPS) is 11.4. The number of aliphatic hydroxyl groups excluding tert-OH is 1. The van der Waals surface area contributed by atoms with Crippen LogP contribution >= 0.6 is 11.6 Å². The van der Waals surface area contributed by atoms with Crippen LogP contribution in [0.2, 0.25) is 5.02 Å². The third-order valence-electron chi connectivity index (χ3n) is 5.33. The van der Waals surface area contributed by atoms with Crippen LogP contribution in [-0.4, -0.2) is 48.7 Å². The van der Waals surface area contributed by atoms with Gasteiger partial charge in [0, 0.05) is 19.7 Å². The fourth-order valence-electron chi connectivity index (χ4n) is 3.53. The molecule has 0 radical (unpaired) electrons. The minimum atomic E-state index is -0.903. The van der Waals surface area contributed by atoms with Crippen molar-refractivity contribution >= 4 is 23.4 Å². The van der Waals surface area contributed by atoms with Crippen LogP contribution in [-0.2, 0) is 16.1 Å². The minimum Gasteiger partial charge on any atom is -0.497 e. The Kier molecular flexibility index (Phi) is 9.95. The largest absolute Gasteiger partial charge is 0.497 e. The summed E-state index contributed by atoms with van der Waals surface area (Å²) in [4.78, 5) is 28.3. The molecule has 0 aliphatic rings. The molecule has 2 amide bonds. The molecule has 0 aromatic heterocycles. The van der Waals surface area contributed by atoms with Crippen molar-refractivity contribution in [1.29, 1.82) is 0 Å². The first kappa shape index (κ1) is 26.1. The van der Waals surface area contributed by atoms with Crippen molar-refractivity contribution in [3.05, 3.63) is 95.0 Å². The van der Waals surface area contributed by atoms with E-state index in [4.69, 9.17) is 26.2 Å². The van der Waals surface area contributed by atoms with Crippen LogP contribution in [0.25, 0.3) is 0 Å². The number of benzene rings is 3. The number of hydrogen-bond donors (Lipinski definition) is 2. The fraction of sp³-hybridized carbons (Fsp3) is 0.259. The lowest BCUT2D eigenvalue weighted by Gasteiger charge is -2.31. The number of rotatable bonds is 12. The zero-order valence-corrected chi connectivity index (χ0v) is 20.3. The van der Waals surface area contributed by atoms with Gasteiger partial charge in [0.2, 0.25) is 5.91 Å². The lowest BCUT2D eigenvalue weighted by atomic mass is 10.0. The first-order valence-electron chi connectivity index (χ1n) is 11.3. The average molecular weight is 497 g/mol. The monoisotopic (exact) mass is 496 g/mol. The number of amides is 2. The van der Waals surface area contributed by atoms with Gasteiger partial charge in [-0.05, 0) is 41.8 Å². The standard InChI is InChI=1S/C27H29ClN2O5/c1-34-22-14-12-20(13-15-22)18-30(25(32)19-35-24-11-6-5-10-23(24)28)26(21-8-3-2-4-9-21)27(33)29-16-7-17-31/h2-6,8-15,26,31H,7,16-19H2,1H3,(H,29,33)/t26-/m1/s1. The van der Waals surface area contributed by atoms with E-state index in [9.17, 15) is 9.59 Å². The summed E-state index contributed by atoms with van der Waals surface area (Å²) in [6, 6.07) is 22.4. The van der Waals surface area contributed by atoms with E-state index in [1.165, 1.54) is 4.90 Å². The van der Waals surface area contributed by atoms with Gasteiger partial charge in [-0.2, -0.15) is 0 Å². The first-order valence-corrected chi connectivity index (χ1v) is 11.6. The summed E-state index contributed by atoms with van der Waals surface area (Å²) >= 11 is 6.18. The quantitative estimate of drug-likeness (QED) is 0.370. The average Bonchev–Trinajstić information content (AvgIpc) is 2.89. The Morgan fingerprint density at radius 1 is 1.00 bits per heavy atom. The SMILES string of the molecule is COc1ccc(CN(C(=O)COc2ccccc2Cl)[C@@H](C(=O)NCCCO)c2ccccc2)cc1. The maximum Gasteiger partial charge on any atom is 0.261 e. The topological polar surface area (TPSA) is 88.1 Å². The number of carbonyl (C=O) groups excluding carboxylic acids is 2. The number of carbonyl (C=O) groups is 2. The molecule has 184 valence electrons. The molecule has 0 fully saturated rings. The van der Waals surface area contributed by atoms with Gasteiger partial charge in [0.1, 0.15) is 17.5 Å². The minimum absolute atomic E-state index is 0.0452. The van der Waals surface area contributed by atoms with E-state index < -0.39 is 6.04 Å². The van der Waals surface area contributed by atoms with Crippen LogP contribution in [0.1, 0.15) is 23.6 Å². The fourth-order valence-corrected chi connectivity index (χ4v) is 3.72. The molecule has 3 rings (SSSR count). The van der Waals surface area contributed by atoms with Crippen LogP contribution < -0.4 is 14.8 Å². The second-order valence-corrected chi connectivity index (χ2v) is 8.18. The van der Waals surface area contributed by atoms with Crippen molar-refractivity contribution < 1.29 is 24.2 Å².